The van der Waals surface area contributed by atoms with E-state index in [0.29, 0.717) is 6.04 Å². The van der Waals surface area contributed by atoms with Crippen molar-refractivity contribution in [2.24, 2.45) is 0 Å². The molecule has 1 rings (SSSR count). The smallest absolute Gasteiger partial charge is 0.0931 e. The van der Waals surface area contributed by atoms with Crippen LogP contribution in [0.25, 0.3) is 0 Å². The van der Waals surface area contributed by atoms with E-state index in [-0.39, 0.29) is 5.54 Å². The van der Waals surface area contributed by atoms with E-state index in [1.807, 2.05) is 6.07 Å². The average molecular weight is 303 g/mol. The fraction of sp³-hybridized carbons (Fsp3) is 0.733. The maximum absolute atomic E-state index is 6.05. The number of thiophene rings is 1. The molecule has 0 bridgehead atoms. The van der Waals surface area contributed by atoms with Crippen molar-refractivity contribution in [1.82, 2.24) is 10.2 Å². The van der Waals surface area contributed by atoms with Crippen molar-refractivity contribution in [2.75, 3.05) is 20.6 Å². The molecule has 0 saturated heterocycles. The van der Waals surface area contributed by atoms with Gasteiger partial charge in [-0.05, 0) is 59.0 Å². The van der Waals surface area contributed by atoms with Gasteiger partial charge in [0.25, 0.3) is 0 Å². The summed E-state index contributed by atoms with van der Waals surface area (Å²) in [5, 5.41) is 3.72. The second-order valence-corrected chi connectivity index (χ2v) is 7.32. The molecule has 0 saturated carbocycles. The van der Waals surface area contributed by atoms with Crippen LogP contribution in [0, 0.1) is 0 Å². The highest BCUT2D eigenvalue weighted by Crippen LogP contribution is 2.28. The Morgan fingerprint density at radius 1 is 1.37 bits per heavy atom. The number of halogens is 1. The maximum atomic E-state index is 6.05. The summed E-state index contributed by atoms with van der Waals surface area (Å²) in [5.41, 5.74) is 0.158. The Bertz CT molecular complexity index is 378. The van der Waals surface area contributed by atoms with Crippen LogP contribution in [0.1, 0.15) is 38.5 Å². The van der Waals surface area contributed by atoms with E-state index < -0.39 is 0 Å². The highest BCUT2D eigenvalue weighted by Gasteiger charge is 2.34. The lowest BCUT2D eigenvalue weighted by molar-refractivity contribution is 0.113. The summed E-state index contributed by atoms with van der Waals surface area (Å²) in [6.07, 6.45) is 3.33. The fourth-order valence-electron chi connectivity index (χ4n) is 2.37. The van der Waals surface area contributed by atoms with Crippen LogP contribution >= 0.6 is 22.9 Å². The van der Waals surface area contributed by atoms with Gasteiger partial charge in [0.1, 0.15) is 0 Å². The Kier molecular flexibility index (Phi) is 6.81. The molecule has 0 aliphatic heterocycles. The molecule has 1 aromatic rings. The van der Waals surface area contributed by atoms with Gasteiger partial charge < -0.3 is 10.2 Å². The van der Waals surface area contributed by atoms with Gasteiger partial charge in [-0.25, -0.2) is 0 Å². The van der Waals surface area contributed by atoms with Crippen LogP contribution in [-0.4, -0.2) is 37.1 Å². The molecule has 0 amide bonds. The number of nitrogens with one attached hydrogen (secondary N) is 1. The third kappa shape index (κ3) is 4.45. The summed E-state index contributed by atoms with van der Waals surface area (Å²) >= 11 is 7.74. The molecule has 0 fully saturated rings. The minimum absolute atomic E-state index is 0.158. The summed E-state index contributed by atoms with van der Waals surface area (Å²) in [6, 6.07) is 4.60. The van der Waals surface area contributed by atoms with Crippen molar-refractivity contribution in [3.8, 4) is 0 Å². The molecule has 19 heavy (non-hydrogen) atoms. The van der Waals surface area contributed by atoms with Crippen molar-refractivity contribution in [3.63, 3.8) is 0 Å². The minimum Gasteiger partial charge on any atom is -0.312 e. The summed E-state index contributed by atoms with van der Waals surface area (Å²) in [4.78, 5) is 3.70. The lowest BCUT2D eigenvalue weighted by Gasteiger charge is -2.43. The zero-order valence-electron chi connectivity index (χ0n) is 12.8. The lowest BCUT2D eigenvalue weighted by Crippen LogP contribution is -2.57. The number of nitrogens with zero attached hydrogens (tertiary/aromatic N) is 1. The zero-order valence-corrected chi connectivity index (χ0v) is 14.4. The standard InChI is InChI=1S/C15H27ClN2S/c1-6-10-17-13(15(3,7-2)18(4)5)11-12-8-9-14(16)19-12/h8-9,13,17H,6-7,10-11H2,1-5H3. The topological polar surface area (TPSA) is 15.3 Å². The Labute approximate surface area is 127 Å². The highest BCUT2D eigenvalue weighted by molar-refractivity contribution is 7.16. The number of likely N-dealkylation sites (N-methyl/N-ethyl adjacent to an activating group) is 1. The molecule has 1 heterocycles. The first-order valence-corrected chi connectivity index (χ1v) is 8.28. The molecule has 4 heteroatoms. The van der Waals surface area contributed by atoms with E-state index >= 15 is 0 Å². The Hall–Kier alpha value is -0.0900. The highest BCUT2D eigenvalue weighted by atomic mass is 35.5. The van der Waals surface area contributed by atoms with Crippen LogP contribution in [0.4, 0.5) is 0 Å². The van der Waals surface area contributed by atoms with E-state index in [1.165, 1.54) is 4.88 Å². The van der Waals surface area contributed by atoms with Gasteiger partial charge in [0, 0.05) is 16.5 Å². The third-order valence-electron chi connectivity index (χ3n) is 4.16. The van der Waals surface area contributed by atoms with Crippen LogP contribution in [0.3, 0.4) is 0 Å². The van der Waals surface area contributed by atoms with E-state index in [4.69, 9.17) is 11.6 Å². The number of rotatable bonds is 8. The molecule has 0 aromatic carbocycles. The molecule has 110 valence electrons. The first-order chi connectivity index (χ1) is 8.93. The first kappa shape index (κ1) is 17.0. The molecule has 0 radical (unpaired) electrons. The molecule has 0 spiro atoms. The van der Waals surface area contributed by atoms with E-state index in [9.17, 15) is 0 Å². The summed E-state index contributed by atoms with van der Waals surface area (Å²) in [5.74, 6) is 0. The third-order valence-corrected chi connectivity index (χ3v) is 5.42. The summed E-state index contributed by atoms with van der Waals surface area (Å²) < 4.78 is 0.882. The van der Waals surface area contributed by atoms with Crippen molar-refractivity contribution < 1.29 is 0 Å². The van der Waals surface area contributed by atoms with Gasteiger partial charge in [0.05, 0.1) is 4.34 Å². The molecular formula is C15H27ClN2S. The molecule has 1 aromatic heterocycles. The molecule has 2 atom stereocenters. The SMILES string of the molecule is CCCNC(Cc1ccc(Cl)s1)C(C)(CC)N(C)C. The Morgan fingerprint density at radius 3 is 2.47 bits per heavy atom. The summed E-state index contributed by atoms with van der Waals surface area (Å²) in [7, 11) is 4.34. The molecular weight excluding hydrogens is 276 g/mol. The monoisotopic (exact) mass is 302 g/mol. The van der Waals surface area contributed by atoms with Crippen LogP contribution < -0.4 is 5.32 Å². The van der Waals surface area contributed by atoms with E-state index in [1.54, 1.807) is 11.3 Å². The van der Waals surface area contributed by atoms with Gasteiger partial charge in [0.15, 0.2) is 0 Å². The fourth-order valence-corrected chi connectivity index (χ4v) is 3.50. The molecule has 1 N–H and O–H groups in total. The quantitative estimate of drug-likeness (QED) is 0.779. The molecule has 2 unspecified atom stereocenters. The largest absolute Gasteiger partial charge is 0.312 e. The van der Waals surface area contributed by atoms with Crippen LogP contribution in [-0.2, 0) is 6.42 Å². The number of hydrogen-bond acceptors (Lipinski definition) is 3. The maximum Gasteiger partial charge on any atom is 0.0931 e. The van der Waals surface area contributed by atoms with Crippen molar-refractivity contribution in [1.29, 1.82) is 0 Å². The van der Waals surface area contributed by atoms with Crippen LogP contribution in [0.15, 0.2) is 12.1 Å². The second-order valence-electron chi connectivity index (χ2n) is 5.52. The van der Waals surface area contributed by atoms with Gasteiger partial charge in [0.2, 0.25) is 0 Å². The van der Waals surface area contributed by atoms with Crippen molar-refractivity contribution in [2.45, 2.75) is 51.6 Å². The second kappa shape index (κ2) is 7.63. The molecule has 0 aliphatic rings. The average Bonchev–Trinajstić information content (AvgIpc) is 2.78. The van der Waals surface area contributed by atoms with E-state index in [2.05, 4.69) is 51.1 Å². The minimum atomic E-state index is 0.158. The molecule has 0 aliphatic carbocycles. The van der Waals surface area contributed by atoms with Crippen LogP contribution in [0.2, 0.25) is 4.34 Å². The number of hydrogen-bond donors (Lipinski definition) is 1. The normalized spacial score (nSPS) is 16.6. The first-order valence-electron chi connectivity index (χ1n) is 7.09. The molecule has 2 nitrogen and oxygen atoms in total. The Morgan fingerprint density at radius 2 is 2.05 bits per heavy atom. The Balaban J connectivity index is 2.86. The van der Waals surface area contributed by atoms with Gasteiger partial charge in [-0.1, -0.05) is 25.4 Å². The zero-order chi connectivity index (χ0) is 14.5. The van der Waals surface area contributed by atoms with Gasteiger partial charge >= 0.3 is 0 Å². The van der Waals surface area contributed by atoms with Crippen LogP contribution in [0.5, 0.6) is 0 Å². The lowest BCUT2D eigenvalue weighted by atomic mass is 9.85. The van der Waals surface area contributed by atoms with Gasteiger partial charge in [-0.2, -0.15) is 0 Å². The van der Waals surface area contributed by atoms with Gasteiger partial charge in [-0.3, -0.25) is 0 Å². The summed E-state index contributed by atoms with van der Waals surface area (Å²) in [6.45, 7) is 7.88. The predicted octanol–water partition coefficient (Wildman–Crippen LogP) is 4.04. The van der Waals surface area contributed by atoms with Gasteiger partial charge in [-0.15, -0.1) is 11.3 Å². The predicted molar refractivity (Wildman–Crippen MR) is 87.5 cm³/mol. The van der Waals surface area contributed by atoms with Crippen molar-refractivity contribution >= 4 is 22.9 Å². The van der Waals surface area contributed by atoms with E-state index in [0.717, 1.165) is 30.1 Å². The van der Waals surface area contributed by atoms with Crippen molar-refractivity contribution in [3.05, 3.63) is 21.3 Å².